The molecule has 20 heavy (non-hydrogen) atoms. The fourth-order valence-corrected chi connectivity index (χ4v) is 1.69. The van der Waals surface area contributed by atoms with E-state index in [1.807, 2.05) is 39.0 Å². The lowest BCUT2D eigenvalue weighted by Crippen LogP contribution is -1.99. The average Bonchev–Trinajstić information content (AvgIpc) is 2.39. The highest BCUT2D eigenvalue weighted by Gasteiger charge is 2.06. The largest absolute Gasteiger partial charge is 0.457 e. The van der Waals surface area contributed by atoms with Crippen molar-refractivity contribution in [3.05, 3.63) is 77.4 Å². The Balaban J connectivity index is 3.07. The first-order chi connectivity index (χ1) is 9.47. The molecule has 0 N–H and O–H groups in total. The van der Waals surface area contributed by atoms with Crippen molar-refractivity contribution in [3.8, 4) is 5.75 Å². The molecule has 106 valence electrons. The summed E-state index contributed by atoms with van der Waals surface area (Å²) in [6.45, 7) is 11.3. The predicted molar refractivity (Wildman–Crippen MR) is 83.2 cm³/mol. The predicted octanol–water partition coefficient (Wildman–Crippen LogP) is 5.50. The standard InChI is InChI=1S/C18H21FO/c1-6-8-15(11-13(3)4)18(7-2)20-16-10-9-14(5)17(19)12-16/h6-12H,1H2,2-5H3/b15-8+,18-7+. The number of benzene rings is 1. The van der Waals surface area contributed by atoms with Crippen LogP contribution in [0.3, 0.4) is 0 Å². The van der Waals surface area contributed by atoms with Crippen LogP contribution in [-0.4, -0.2) is 0 Å². The zero-order chi connectivity index (χ0) is 15.1. The van der Waals surface area contributed by atoms with Crippen LogP contribution in [0.25, 0.3) is 0 Å². The second kappa shape index (κ2) is 7.49. The number of halogens is 1. The van der Waals surface area contributed by atoms with Crippen molar-refractivity contribution in [2.45, 2.75) is 27.7 Å². The van der Waals surface area contributed by atoms with E-state index in [0.29, 0.717) is 17.1 Å². The number of rotatable bonds is 5. The lowest BCUT2D eigenvalue weighted by Gasteiger charge is -2.12. The van der Waals surface area contributed by atoms with Crippen molar-refractivity contribution in [1.82, 2.24) is 0 Å². The van der Waals surface area contributed by atoms with E-state index in [1.165, 1.54) is 6.07 Å². The van der Waals surface area contributed by atoms with E-state index in [-0.39, 0.29) is 5.82 Å². The summed E-state index contributed by atoms with van der Waals surface area (Å²) in [6, 6.07) is 4.86. The minimum atomic E-state index is -0.269. The molecule has 2 heteroatoms. The Labute approximate surface area is 120 Å². The summed E-state index contributed by atoms with van der Waals surface area (Å²) in [6.07, 6.45) is 7.43. The van der Waals surface area contributed by atoms with Crippen molar-refractivity contribution in [1.29, 1.82) is 0 Å². The Bertz CT molecular complexity index is 573. The Hall–Kier alpha value is -2.09. The van der Waals surface area contributed by atoms with Gasteiger partial charge in [0.15, 0.2) is 0 Å². The molecular weight excluding hydrogens is 251 g/mol. The van der Waals surface area contributed by atoms with Gasteiger partial charge in [0.1, 0.15) is 17.3 Å². The molecule has 1 rings (SSSR count). The second-order valence-corrected chi connectivity index (χ2v) is 4.75. The van der Waals surface area contributed by atoms with E-state index < -0.39 is 0 Å². The Morgan fingerprint density at radius 3 is 2.50 bits per heavy atom. The van der Waals surface area contributed by atoms with E-state index in [1.54, 1.807) is 25.1 Å². The van der Waals surface area contributed by atoms with E-state index in [4.69, 9.17) is 4.74 Å². The van der Waals surface area contributed by atoms with Crippen LogP contribution in [0.1, 0.15) is 26.3 Å². The van der Waals surface area contributed by atoms with Crippen LogP contribution in [0, 0.1) is 12.7 Å². The van der Waals surface area contributed by atoms with Gasteiger partial charge in [-0.05, 0) is 45.4 Å². The second-order valence-electron chi connectivity index (χ2n) is 4.75. The molecule has 0 unspecified atom stereocenters. The van der Waals surface area contributed by atoms with Crippen LogP contribution in [0.5, 0.6) is 5.75 Å². The molecule has 0 bridgehead atoms. The van der Waals surface area contributed by atoms with Gasteiger partial charge in [0, 0.05) is 11.6 Å². The van der Waals surface area contributed by atoms with Gasteiger partial charge in [0.05, 0.1) is 0 Å². The molecule has 1 aromatic rings. The molecule has 1 nitrogen and oxygen atoms in total. The summed E-state index contributed by atoms with van der Waals surface area (Å²) in [4.78, 5) is 0. The van der Waals surface area contributed by atoms with Gasteiger partial charge in [-0.1, -0.05) is 36.4 Å². The lowest BCUT2D eigenvalue weighted by atomic mass is 10.1. The highest BCUT2D eigenvalue weighted by molar-refractivity contribution is 5.42. The summed E-state index contributed by atoms with van der Waals surface area (Å²) in [7, 11) is 0. The number of hydrogen-bond donors (Lipinski definition) is 0. The van der Waals surface area contributed by atoms with Gasteiger partial charge in [-0.25, -0.2) is 4.39 Å². The molecule has 0 amide bonds. The summed E-state index contributed by atoms with van der Waals surface area (Å²) in [5.74, 6) is 0.891. The van der Waals surface area contributed by atoms with Gasteiger partial charge >= 0.3 is 0 Å². The molecule has 0 heterocycles. The number of hydrogen-bond acceptors (Lipinski definition) is 1. The van der Waals surface area contributed by atoms with Crippen LogP contribution in [0.4, 0.5) is 4.39 Å². The highest BCUT2D eigenvalue weighted by Crippen LogP contribution is 2.22. The van der Waals surface area contributed by atoms with Crippen molar-refractivity contribution in [2.24, 2.45) is 0 Å². The van der Waals surface area contributed by atoms with E-state index in [2.05, 4.69) is 6.58 Å². The highest BCUT2D eigenvalue weighted by atomic mass is 19.1. The first-order valence-corrected chi connectivity index (χ1v) is 6.56. The Morgan fingerprint density at radius 2 is 2.00 bits per heavy atom. The summed E-state index contributed by atoms with van der Waals surface area (Å²) in [5, 5.41) is 0. The maximum Gasteiger partial charge on any atom is 0.130 e. The molecule has 0 spiro atoms. The van der Waals surface area contributed by atoms with Gasteiger partial charge in [0.25, 0.3) is 0 Å². The monoisotopic (exact) mass is 272 g/mol. The van der Waals surface area contributed by atoms with Crippen molar-refractivity contribution >= 4 is 0 Å². The minimum absolute atomic E-state index is 0.269. The molecule has 0 radical (unpaired) electrons. The maximum atomic E-state index is 13.6. The molecular formula is C18H21FO. The van der Waals surface area contributed by atoms with Crippen LogP contribution in [0.2, 0.25) is 0 Å². The van der Waals surface area contributed by atoms with Gasteiger partial charge in [-0.2, -0.15) is 0 Å². The smallest absolute Gasteiger partial charge is 0.130 e. The topological polar surface area (TPSA) is 9.23 Å². The Morgan fingerprint density at radius 1 is 1.30 bits per heavy atom. The Kier molecular flexibility index (Phi) is 5.98. The average molecular weight is 272 g/mol. The molecule has 0 atom stereocenters. The molecule has 1 aromatic carbocycles. The summed E-state index contributed by atoms with van der Waals surface area (Å²) in [5.41, 5.74) is 2.66. The first kappa shape index (κ1) is 16.0. The minimum Gasteiger partial charge on any atom is -0.457 e. The maximum absolute atomic E-state index is 13.6. The van der Waals surface area contributed by atoms with Crippen molar-refractivity contribution in [2.75, 3.05) is 0 Å². The molecule has 0 saturated heterocycles. The van der Waals surface area contributed by atoms with Crippen LogP contribution in [-0.2, 0) is 0 Å². The van der Waals surface area contributed by atoms with Crippen LogP contribution in [0.15, 0.2) is 66.0 Å². The zero-order valence-electron chi connectivity index (χ0n) is 12.5. The SMILES string of the molecule is C=C/C=C(C=C(C)C)/C(=C\C)Oc1ccc(C)c(F)c1. The zero-order valence-corrected chi connectivity index (χ0v) is 12.5. The molecule has 0 fully saturated rings. The van der Waals surface area contributed by atoms with Gasteiger partial charge in [-0.15, -0.1) is 0 Å². The number of ether oxygens (including phenoxy) is 1. The fourth-order valence-electron chi connectivity index (χ4n) is 1.69. The fraction of sp³-hybridized carbons (Fsp3) is 0.222. The van der Waals surface area contributed by atoms with Crippen LogP contribution >= 0.6 is 0 Å². The number of allylic oxidation sites excluding steroid dienone is 5. The molecule has 0 aliphatic heterocycles. The van der Waals surface area contributed by atoms with Crippen molar-refractivity contribution < 1.29 is 9.13 Å². The van der Waals surface area contributed by atoms with Crippen LogP contribution < -0.4 is 4.74 Å². The third-order valence-corrected chi connectivity index (χ3v) is 2.66. The molecule has 0 aromatic heterocycles. The summed E-state index contributed by atoms with van der Waals surface area (Å²) >= 11 is 0. The van der Waals surface area contributed by atoms with Gasteiger partial charge in [-0.3, -0.25) is 0 Å². The lowest BCUT2D eigenvalue weighted by molar-refractivity contribution is 0.433. The normalized spacial score (nSPS) is 12.1. The van der Waals surface area contributed by atoms with Gasteiger partial charge in [0.2, 0.25) is 0 Å². The van der Waals surface area contributed by atoms with E-state index in [0.717, 1.165) is 11.1 Å². The molecule has 0 saturated carbocycles. The van der Waals surface area contributed by atoms with Crippen molar-refractivity contribution in [3.63, 3.8) is 0 Å². The molecule has 0 aliphatic rings. The third-order valence-electron chi connectivity index (χ3n) is 2.66. The van der Waals surface area contributed by atoms with E-state index in [9.17, 15) is 4.39 Å². The van der Waals surface area contributed by atoms with E-state index >= 15 is 0 Å². The first-order valence-electron chi connectivity index (χ1n) is 6.56. The third kappa shape index (κ3) is 4.54. The number of aryl methyl sites for hydroxylation is 1. The summed E-state index contributed by atoms with van der Waals surface area (Å²) < 4.78 is 19.3. The quantitative estimate of drug-likeness (QED) is 0.508. The molecule has 0 aliphatic carbocycles. The van der Waals surface area contributed by atoms with Gasteiger partial charge < -0.3 is 4.74 Å².